The number of benzene rings is 1. The van der Waals surface area contributed by atoms with Crippen LogP contribution in [0.15, 0.2) is 30.1 Å². The van der Waals surface area contributed by atoms with Gasteiger partial charge in [0.1, 0.15) is 5.75 Å². The van der Waals surface area contributed by atoms with Crippen LogP contribution in [0.3, 0.4) is 0 Å². The number of hydrogen-bond donors (Lipinski definition) is 1. The van der Waals surface area contributed by atoms with E-state index in [2.05, 4.69) is 5.32 Å². The molecule has 1 aromatic carbocycles. The summed E-state index contributed by atoms with van der Waals surface area (Å²) in [6.07, 6.45) is 4.79. The standard InChI is InChI=1S/C21H22B3F2NO3/c22-21(23,24)30-14-4-6-19(7-5-14)11-13-2-3-15(29-9-1-8-25)10-16(13)20(19)12-17(26)18(28)27-20/h2-3,10,12,14H,1,4-9,11H2,(H,27,28). The number of halogens is 2. The first kappa shape index (κ1) is 21.5. The van der Waals surface area contributed by atoms with Crippen LogP contribution >= 0.6 is 0 Å². The van der Waals surface area contributed by atoms with Crippen molar-refractivity contribution in [2.24, 2.45) is 5.41 Å². The predicted molar refractivity (Wildman–Crippen MR) is 111 cm³/mol. The number of ether oxygens (including phenoxy) is 2. The van der Waals surface area contributed by atoms with Gasteiger partial charge in [0, 0.05) is 11.8 Å². The minimum Gasteiger partial charge on any atom is -0.493 e. The van der Waals surface area contributed by atoms with E-state index in [1.165, 1.54) is 6.08 Å². The Hall–Kier alpha value is -1.76. The van der Waals surface area contributed by atoms with E-state index in [-0.39, 0.29) is 12.7 Å². The Labute approximate surface area is 179 Å². The molecule has 1 saturated carbocycles. The lowest BCUT2D eigenvalue weighted by molar-refractivity contribution is -0.120. The summed E-state index contributed by atoms with van der Waals surface area (Å²) in [5.74, 6) is -0.923. The molecule has 6 radical (unpaired) electrons. The van der Waals surface area contributed by atoms with Crippen LogP contribution in [0.5, 0.6) is 5.75 Å². The minimum atomic E-state index is -1.70. The first-order chi connectivity index (χ1) is 14.2. The molecule has 2 aliphatic carbocycles. The van der Waals surface area contributed by atoms with Gasteiger partial charge in [0.2, 0.25) is 0 Å². The molecular formula is C21H22B3F2NO3. The Kier molecular flexibility index (Phi) is 5.54. The zero-order chi connectivity index (χ0) is 21.6. The third kappa shape index (κ3) is 3.70. The maximum Gasteiger partial charge on any atom is 0.280 e. The molecule has 152 valence electrons. The van der Waals surface area contributed by atoms with Gasteiger partial charge in [-0.25, -0.2) is 4.39 Å². The van der Waals surface area contributed by atoms with Crippen LogP contribution in [-0.4, -0.2) is 54.1 Å². The molecule has 2 spiro atoms. The molecule has 1 aromatic rings. The summed E-state index contributed by atoms with van der Waals surface area (Å²) in [4.78, 5) is 12.2. The molecule has 0 aromatic heterocycles. The van der Waals surface area contributed by atoms with Gasteiger partial charge < -0.3 is 14.8 Å². The first-order valence-corrected chi connectivity index (χ1v) is 10.3. The van der Waals surface area contributed by atoms with Crippen molar-refractivity contribution in [1.29, 1.82) is 0 Å². The summed E-state index contributed by atoms with van der Waals surface area (Å²) >= 11 is 0. The third-order valence-electron chi connectivity index (χ3n) is 6.55. The van der Waals surface area contributed by atoms with E-state index in [1.54, 1.807) is 0 Å². The number of carbonyl (C=O) groups is 1. The van der Waals surface area contributed by atoms with E-state index in [4.69, 9.17) is 33.0 Å². The van der Waals surface area contributed by atoms with Gasteiger partial charge in [0.05, 0.1) is 48.5 Å². The maximum absolute atomic E-state index is 14.4. The van der Waals surface area contributed by atoms with Crippen molar-refractivity contribution in [2.45, 2.75) is 55.5 Å². The average Bonchev–Trinajstić information content (AvgIpc) is 3.11. The number of carbonyl (C=O) groups excluding carboxylic acids is 1. The SMILES string of the molecule is [B]C([B])([B])OC1CCC2(CC1)Cc1ccc(OCCCF)cc1C21C=C(F)C(=O)N1. The predicted octanol–water partition coefficient (Wildman–Crippen LogP) is 2.22. The second-order valence-electron chi connectivity index (χ2n) is 8.59. The fourth-order valence-electron chi connectivity index (χ4n) is 5.28. The van der Waals surface area contributed by atoms with Crippen LogP contribution < -0.4 is 10.1 Å². The van der Waals surface area contributed by atoms with Crippen molar-refractivity contribution in [3.8, 4) is 5.75 Å². The van der Waals surface area contributed by atoms with Crippen molar-refractivity contribution in [3.05, 3.63) is 41.2 Å². The van der Waals surface area contributed by atoms with E-state index >= 15 is 0 Å². The molecule has 1 aliphatic heterocycles. The van der Waals surface area contributed by atoms with E-state index < -0.39 is 34.7 Å². The maximum atomic E-state index is 14.4. The Morgan fingerprint density at radius 1 is 1.23 bits per heavy atom. The molecule has 3 aliphatic rings. The highest BCUT2D eigenvalue weighted by molar-refractivity contribution is 6.58. The number of rotatable bonds is 6. The molecule has 4 rings (SSSR count). The van der Waals surface area contributed by atoms with Gasteiger partial charge >= 0.3 is 0 Å². The molecule has 4 nitrogen and oxygen atoms in total. The number of fused-ring (bicyclic) bond motifs is 3. The molecule has 1 fully saturated rings. The fourth-order valence-corrected chi connectivity index (χ4v) is 5.28. The Morgan fingerprint density at radius 3 is 2.57 bits per heavy atom. The van der Waals surface area contributed by atoms with Gasteiger partial charge in [0.25, 0.3) is 5.91 Å². The van der Waals surface area contributed by atoms with Crippen LogP contribution in [0.4, 0.5) is 8.78 Å². The van der Waals surface area contributed by atoms with Crippen LogP contribution in [0.1, 0.15) is 43.2 Å². The van der Waals surface area contributed by atoms with E-state index in [0.29, 0.717) is 44.3 Å². The molecule has 1 amide bonds. The molecule has 1 atom stereocenters. The van der Waals surface area contributed by atoms with Crippen molar-refractivity contribution in [3.63, 3.8) is 0 Å². The number of hydrogen-bond acceptors (Lipinski definition) is 3. The van der Waals surface area contributed by atoms with E-state index in [9.17, 15) is 13.6 Å². The number of alkyl halides is 1. The minimum absolute atomic E-state index is 0.207. The zero-order valence-electron chi connectivity index (χ0n) is 16.8. The monoisotopic (exact) mass is 407 g/mol. The van der Waals surface area contributed by atoms with Crippen molar-refractivity contribution in [1.82, 2.24) is 5.32 Å². The summed E-state index contributed by atoms with van der Waals surface area (Å²) in [7, 11) is 16.7. The lowest BCUT2D eigenvalue weighted by atomic mass is 9.52. The number of amides is 1. The summed E-state index contributed by atoms with van der Waals surface area (Å²) in [5, 5.41) is 1.21. The van der Waals surface area contributed by atoms with Gasteiger partial charge in [-0.3, -0.25) is 9.18 Å². The molecular weight excluding hydrogens is 385 g/mol. The highest BCUT2D eigenvalue weighted by atomic mass is 19.1. The lowest BCUT2D eigenvalue weighted by Gasteiger charge is -2.48. The van der Waals surface area contributed by atoms with Crippen LogP contribution in [0, 0.1) is 5.41 Å². The second kappa shape index (κ2) is 7.74. The summed E-state index contributed by atoms with van der Waals surface area (Å²) in [6.45, 7) is -0.205. The Bertz CT molecular complexity index is 866. The summed E-state index contributed by atoms with van der Waals surface area (Å²) in [6, 6.07) is 5.62. The molecule has 0 bridgehead atoms. The lowest BCUT2D eigenvalue weighted by Crippen LogP contribution is -2.53. The topological polar surface area (TPSA) is 47.6 Å². The molecule has 1 N–H and O–H groups in total. The largest absolute Gasteiger partial charge is 0.493 e. The smallest absolute Gasteiger partial charge is 0.280 e. The first-order valence-electron chi connectivity index (χ1n) is 10.3. The summed E-state index contributed by atoms with van der Waals surface area (Å²) < 4.78 is 38.0. The van der Waals surface area contributed by atoms with Crippen molar-refractivity contribution < 1.29 is 23.0 Å². The van der Waals surface area contributed by atoms with Gasteiger partial charge in [-0.15, -0.1) is 0 Å². The molecule has 9 heteroatoms. The van der Waals surface area contributed by atoms with Crippen molar-refractivity contribution in [2.75, 3.05) is 13.3 Å². The Balaban J connectivity index is 1.65. The summed E-state index contributed by atoms with van der Waals surface area (Å²) in [5.41, 5.74) is 0.492. The average molecular weight is 407 g/mol. The molecule has 30 heavy (non-hydrogen) atoms. The zero-order valence-corrected chi connectivity index (χ0v) is 16.8. The van der Waals surface area contributed by atoms with Crippen molar-refractivity contribution >= 4 is 29.4 Å². The highest BCUT2D eigenvalue weighted by Gasteiger charge is 2.61. The molecule has 1 unspecified atom stereocenters. The van der Waals surface area contributed by atoms with Crippen LogP contribution in [0.25, 0.3) is 0 Å². The molecule has 0 saturated heterocycles. The normalized spacial score (nSPS) is 30.4. The Morgan fingerprint density at radius 2 is 1.97 bits per heavy atom. The fraction of sp³-hybridized carbons (Fsp3) is 0.571. The van der Waals surface area contributed by atoms with Gasteiger partial charge in [-0.1, -0.05) is 6.07 Å². The van der Waals surface area contributed by atoms with E-state index in [1.807, 2.05) is 18.2 Å². The quantitative estimate of drug-likeness (QED) is 0.582. The van der Waals surface area contributed by atoms with Gasteiger partial charge in [0.15, 0.2) is 5.83 Å². The van der Waals surface area contributed by atoms with Crippen LogP contribution in [0.2, 0.25) is 0 Å². The third-order valence-corrected chi connectivity index (χ3v) is 6.55. The highest BCUT2D eigenvalue weighted by Crippen LogP contribution is 2.60. The molecule has 1 heterocycles. The van der Waals surface area contributed by atoms with Gasteiger partial charge in [-0.2, -0.15) is 0 Å². The van der Waals surface area contributed by atoms with Crippen LogP contribution in [-0.2, 0) is 21.5 Å². The van der Waals surface area contributed by atoms with Gasteiger partial charge in [-0.05, 0) is 66.7 Å². The number of nitrogens with one attached hydrogen (secondary N) is 1. The second-order valence-corrected chi connectivity index (χ2v) is 8.59. The van der Waals surface area contributed by atoms with E-state index in [0.717, 1.165) is 11.1 Å².